The number of aliphatic hydroxyl groups excluding tert-OH is 2. The van der Waals surface area contributed by atoms with E-state index in [1.807, 2.05) is 0 Å². The Hall–Kier alpha value is -4.27. The van der Waals surface area contributed by atoms with Crippen LogP contribution in [0, 0.1) is 5.82 Å². The molecule has 0 aliphatic heterocycles. The van der Waals surface area contributed by atoms with Crippen LogP contribution in [-0.2, 0) is 11.3 Å². The van der Waals surface area contributed by atoms with Crippen LogP contribution in [0.15, 0.2) is 84.8 Å². The molecule has 0 radical (unpaired) electrons. The van der Waals surface area contributed by atoms with E-state index in [0.717, 1.165) is 0 Å². The molecule has 0 saturated carbocycles. The zero-order valence-corrected chi connectivity index (χ0v) is 22.7. The predicted molar refractivity (Wildman–Crippen MR) is 157 cm³/mol. The monoisotopic (exact) mass is 563 g/mol. The predicted octanol–water partition coefficient (Wildman–Crippen LogP) is 6.31. The average molecular weight is 564 g/mol. The van der Waals surface area contributed by atoms with Crippen molar-refractivity contribution in [2.45, 2.75) is 57.8 Å². The van der Waals surface area contributed by atoms with E-state index in [0.29, 0.717) is 11.4 Å². The minimum Gasteiger partial charge on any atom is -0.481 e. The highest BCUT2D eigenvalue weighted by molar-refractivity contribution is 6.12. The van der Waals surface area contributed by atoms with Gasteiger partial charge in [0.25, 0.3) is 5.91 Å². The van der Waals surface area contributed by atoms with Crippen LogP contribution in [-0.4, -0.2) is 44.0 Å². The zero-order valence-electron chi connectivity index (χ0n) is 27.7. The zero-order chi connectivity index (χ0) is 33.9. The highest BCUT2D eigenvalue weighted by atomic mass is 19.1. The molecule has 0 unspecified atom stereocenters. The van der Waals surface area contributed by atoms with E-state index < -0.39 is 72.5 Å². The summed E-state index contributed by atoms with van der Waals surface area (Å²) in [5.41, 5.74) is 1.05. The maximum Gasteiger partial charge on any atom is 0.305 e. The van der Waals surface area contributed by atoms with E-state index in [1.54, 1.807) is 54.8 Å². The number of halogens is 1. The first-order valence-corrected chi connectivity index (χ1v) is 13.3. The number of hydrogen-bond acceptors (Lipinski definition) is 4. The van der Waals surface area contributed by atoms with Crippen molar-refractivity contribution >= 4 is 17.6 Å². The van der Waals surface area contributed by atoms with E-state index in [2.05, 4.69) is 5.32 Å². The molecule has 0 saturated heterocycles. The van der Waals surface area contributed by atoms with Gasteiger partial charge in [0.1, 0.15) is 5.82 Å². The molecule has 3 aromatic carbocycles. The molecule has 7 nitrogen and oxygen atoms in total. The lowest BCUT2D eigenvalue weighted by Gasteiger charge is -2.20. The lowest BCUT2D eigenvalue weighted by Crippen LogP contribution is -2.22. The molecule has 0 fully saturated rings. The molecule has 2 atom stereocenters. The molecule has 8 heteroatoms. The Morgan fingerprint density at radius 2 is 1.68 bits per heavy atom. The number of carbonyl (C=O) groups excluding carboxylic acids is 1. The molecule has 0 aliphatic carbocycles. The van der Waals surface area contributed by atoms with Gasteiger partial charge in [-0.15, -0.1) is 0 Å². The first kappa shape index (κ1) is 23.4. The Bertz CT molecular complexity index is 1730. The molecule has 41 heavy (non-hydrogen) atoms. The van der Waals surface area contributed by atoms with Crippen molar-refractivity contribution in [1.29, 1.82) is 0 Å². The van der Waals surface area contributed by atoms with Crippen molar-refractivity contribution in [3.63, 3.8) is 0 Å². The summed E-state index contributed by atoms with van der Waals surface area (Å²) in [6.45, 7) is 3.60. The number of amides is 1. The Morgan fingerprint density at radius 1 is 0.976 bits per heavy atom. The molecule has 214 valence electrons. The van der Waals surface area contributed by atoms with Gasteiger partial charge in [-0.2, -0.15) is 0 Å². The minimum atomic E-state index is -1.31. The van der Waals surface area contributed by atoms with Gasteiger partial charge in [-0.05, 0) is 48.6 Å². The summed E-state index contributed by atoms with van der Waals surface area (Å²) < 4.78 is 59.0. The number of anilines is 1. The van der Waals surface area contributed by atoms with Crippen molar-refractivity contribution < 1.29 is 36.2 Å². The number of rotatable bonds is 12. The normalized spacial score (nSPS) is 14.4. The molecule has 1 aromatic heterocycles. The number of carboxylic acids is 1. The topological polar surface area (TPSA) is 112 Å². The van der Waals surface area contributed by atoms with E-state index in [9.17, 15) is 24.2 Å². The second-order valence-electron chi connectivity index (χ2n) is 10.1. The summed E-state index contributed by atoms with van der Waals surface area (Å²) in [5.74, 6) is -2.88. The Balaban J connectivity index is 2.06. The standard InChI is InChI=1S/C33H35FN2O5/c1-21(2)31-30(33(41)35-25-14-7-4-8-15-25)29(22-10-5-3-6-11-22)32(23-12-9-13-24(34)18-23)36(31)17-16-26(37)19-27(38)20-28(39)40/h3-15,18,21,26-27,37-38H,16-17,19-20H2,1-2H3,(H,35,41)(H,39,40)/t26-,27-/m1/s1/i3D,5D,6D,10D,11D. The number of aliphatic hydroxyl groups is 2. The van der Waals surface area contributed by atoms with Crippen LogP contribution in [0.2, 0.25) is 0 Å². The van der Waals surface area contributed by atoms with Crippen LogP contribution in [0.25, 0.3) is 22.4 Å². The van der Waals surface area contributed by atoms with Crippen LogP contribution in [0.4, 0.5) is 10.1 Å². The lowest BCUT2D eigenvalue weighted by molar-refractivity contribution is -0.139. The molecule has 4 N–H and O–H groups in total. The van der Waals surface area contributed by atoms with Crippen molar-refractivity contribution in [1.82, 2.24) is 4.57 Å². The van der Waals surface area contributed by atoms with Crippen LogP contribution in [0.5, 0.6) is 0 Å². The van der Waals surface area contributed by atoms with Gasteiger partial charge >= 0.3 is 5.97 Å². The SMILES string of the molecule is [2H]c1c([2H])c([2H])c(-c2c(C(=O)Nc3ccccc3)c(C(C)C)n(CC[C@@H](O)C[C@@H](O)CC(=O)O)c2-c2cccc(F)c2)c([2H])c1[2H]. The van der Waals surface area contributed by atoms with Gasteiger partial charge in [-0.1, -0.05) is 74.4 Å². The third kappa shape index (κ3) is 7.28. The fourth-order valence-corrected chi connectivity index (χ4v) is 4.96. The van der Waals surface area contributed by atoms with Crippen LogP contribution < -0.4 is 5.32 Å². The molecule has 1 heterocycles. The van der Waals surface area contributed by atoms with Crippen LogP contribution in [0.3, 0.4) is 0 Å². The smallest absolute Gasteiger partial charge is 0.305 e. The van der Waals surface area contributed by atoms with Gasteiger partial charge in [0.05, 0.1) is 36.7 Å². The second-order valence-corrected chi connectivity index (χ2v) is 10.1. The molecule has 0 aliphatic rings. The summed E-state index contributed by atoms with van der Waals surface area (Å²) in [6.07, 6.45) is -3.29. The molecule has 4 aromatic rings. The first-order valence-electron chi connectivity index (χ1n) is 15.8. The van der Waals surface area contributed by atoms with E-state index in [4.69, 9.17) is 12.0 Å². The van der Waals surface area contributed by atoms with E-state index >= 15 is 0 Å². The molecular weight excluding hydrogens is 523 g/mol. The number of aromatic nitrogens is 1. The highest BCUT2D eigenvalue weighted by Gasteiger charge is 2.31. The highest BCUT2D eigenvalue weighted by Crippen LogP contribution is 2.42. The summed E-state index contributed by atoms with van der Waals surface area (Å²) in [5, 5.41) is 32.7. The Labute approximate surface area is 245 Å². The van der Waals surface area contributed by atoms with Gasteiger partial charge in [0, 0.05) is 29.1 Å². The van der Waals surface area contributed by atoms with Gasteiger partial charge < -0.3 is 25.2 Å². The van der Waals surface area contributed by atoms with Gasteiger partial charge in [0.2, 0.25) is 0 Å². The Kier molecular flexibility index (Phi) is 7.65. The fraction of sp³-hybridized carbons (Fsp3) is 0.273. The number of para-hydroxylation sites is 1. The molecule has 4 rings (SSSR count). The molecular formula is C33H35FN2O5. The summed E-state index contributed by atoms with van der Waals surface area (Å²) in [6, 6.07) is 11.0. The van der Waals surface area contributed by atoms with E-state index in [1.165, 1.54) is 18.2 Å². The molecule has 1 amide bonds. The number of carboxylic acid groups (broad SMARTS) is 1. The van der Waals surface area contributed by atoms with Crippen molar-refractivity contribution in [2.24, 2.45) is 0 Å². The number of nitrogens with zero attached hydrogens (tertiary/aromatic N) is 1. The van der Waals surface area contributed by atoms with Crippen molar-refractivity contribution in [3.05, 3.63) is 102 Å². The third-order valence-electron chi connectivity index (χ3n) is 6.60. The van der Waals surface area contributed by atoms with Crippen molar-refractivity contribution in [2.75, 3.05) is 5.32 Å². The minimum absolute atomic E-state index is 0.000123. The largest absolute Gasteiger partial charge is 0.481 e. The summed E-state index contributed by atoms with van der Waals surface area (Å²) >= 11 is 0. The molecule has 0 bridgehead atoms. The number of carbonyl (C=O) groups is 2. The molecule has 0 spiro atoms. The Morgan fingerprint density at radius 3 is 2.32 bits per heavy atom. The average Bonchev–Trinajstić information content (AvgIpc) is 3.33. The maximum atomic E-state index is 14.8. The van der Waals surface area contributed by atoms with Crippen LogP contribution in [0.1, 0.15) is 61.9 Å². The number of benzene rings is 3. The summed E-state index contributed by atoms with van der Waals surface area (Å²) in [4.78, 5) is 25.3. The lowest BCUT2D eigenvalue weighted by atomic mass is 9.94. The quantitative estimate of drug-likeness (QED) is 0.161. The fourth-order valence-electron chi connectivity index (χ4n) is 4.96. The number of hydrogen-bond donors (Lipinski definition) is 4. The van der Waals surface area contributed by atoms with E-state index in [-0.39, 0.29) is 47.3 Å². The maximum absolute atomic E-state index is 14.8. The number of aliphatic carboxylic acids is 1. The second kappa shape index (κ2) is 13.4. The third-order valence-corrected chi connectivity index (χ3v) is 6.60. The van der Waals surface area contributed by atoms with Gasteiger partial charge in [-0.25, -0.2) is 4.39 Å². The van der Waals surface area contributed by atoms with Gasteiger partial charge in [-0.3, -0.25) is 9.59 Å². The van der Waals surface area contributed by atoms with Crippen LogP contribution >= 0.6 is 0 Å². The van der Waals surface area contributed by atoms with Crippen molar-refractivity contribution in [3.8, 4) is 22.4 Å². The first-order chi connectivity index (χ1) is 21.7. The summed E-state index contributed by atoms with van der Waals surface area (Å²) in [7, 11) is 0. The number of nitrogens with one attached hydrogen (secondary N) is 1. The van der Waals surface area contributed by atoms with Gasteiger partial charge in [0.15, 0.2) is 0 Å².